The molecule has 4 rings (SSSR count). The van der Waals surface area contributed by atoms with Gasteiger partial charge in [0.25, 0.3) is 5.91 Å². The van der Waals surface area contributed by atoms with E-state index >= 15 is 0 Å². The number of anilines is 1. The van der Waals surface area contributed by atoms with E-state index in [4.69, 9.17) is 9.47 Å². The van der Waals surface area contributed by atoms with Crippen LogP contribution in [0.5, 0.6) is 11.5 Å². The van der Waals surface area contributed by atoms with Gasteiger partial charge in [-0.05, 0) is 30.9 Å². The lowest BCUT2D eigenvalue weighted by Crippen LogP contribution is -2.57. The van der Waals surface area contributed by atoms with Crippen LogP contribution in [-0.4, -0.2) is 68.1 Å². The maximum absolute atomic E-state index is 14.1. The lowest BCUT2D eigenvalue weighted by Gasteiger charge is -2.40. The fourth-order valence-corrected chi connectivity index (χ4v) is 5.06. The van der Waals surface area contributed by atoms with E-state index in [0.29, 0.717) is 43.4 Å². The monoisotopic (exact) mass is 469 g/mol. The molecule has 0 aromatic heterocycles. The smallest absolute Gasteiger partial charge is 0.256 e. The number of halogens is 1. The van der Waals surface area contributed by atoms with Crippen LogP contribution in [0.3, 0.4) is 0 Å². The molecule has 182 valence electrons. The number of benzene rings is 2. The number of methoxy groups -OCH3 is 2. The van der Waals surface area contributed by atoms with Crippen LogP contribution in [0.25, 0.3) is 0 Å². The summed E-state index contributed by atoms with van der Waals surface area (Å²) in [7, 11) is 3.15. The maximum atomic E-state index is 14.1. The lowest BCUT2D eigenvalue weighted by molar-refractivity contribution is -0.123. The highest BCUT2D eigenvalue weighted by Gasteiger charge is 2.37. The Morgan fingerprint density at radius 3 is 2.18 bits per heavy atom. The van der Waals surface area contributed by atoms with Gasteiger partial charge in [0, 0.05) is 50.1 Å². The average molecular weight is 470 g/mol. The first-order valence-corrected chi connectivity index (χ1v) is 11.8. The number of carbonyl (C=O) groups is 2. The highest BCUT2D eigenvalue weighted by molar-refractivity contribution is 5.96. The average Bonchev–Trinajstić information content (AvgIpc) is 3.38. The Labute approximate surface area is 199 Å². The molecular weight excluding hydrogens is 437 g/mol. The quantitative estimate of drug-likeness (QED) is 0.668. The molecular formula is C26H32FN3O4. The Hall–Kier alpha value is -3.13. The molecule has 1 aliphatic heterocycles. The Morgan fingerprint density at radius 1 is 0.971 bits per heavy atom. The number of piperazine rings is 1. The highest BCUT2D eigenvalue weighted by Crippen LogP contribution is 2.33. The molecule has 0 bridgehead atoms. The molecule has 7 nitrogen and oxygen atoms in total. The first kappa shape index (κ1) is 24.0. The van der Waals surface area contributed by atoms with Crippen LogP contribution in [0, 0.1) is 11.7 Å². The molecule has 1 heterocycles. The molecule has 2 aromatic rings. The minimum absolute atomic E-state index is 0.0592. The Kier molecular flexibility index (Phi) is 7.67. The summed E-state index contributed by atoms with van der Waals surface area (Å²) in [6.45, 7) is 2.04. The third-order valence-corrected chi connectivity index (χ3v) is 6.83. The second-order valence-corrected chi connectivity index (χ2v) is 8.89. The fraction of sp³-hybridized carbons (Fsp3) is 0.462. The van der Waals surface area contributed by atoms with E-state index in [2.05, 4.69) is 10.2 Å². The van der Waals surface area contributed by atoms with Crippen LogP contribution in [0.4, 0.5) is 10.1 Å². The van der Waals surface area contributed by atoms with Crippen molar-refractivity contribution in [1.82, 2.24) is 9.80 Å². The number of ether oxygens (including phenoxy) is 2. The van der Waals surface area contributed by atoms with Crippen molar-refractivity contribution in [3.63, 3.8) is 0 Å². The topological polar surface area (TPSA) is 71.1 Å². The van der Waals surface area contributed by atoms with Gasteiger partial charge in [-0.2, -0.15) is 0 Å². The van der Waals surface area contributed by atoms with Gasteiger partial charge in [0.05, 0.1) is 25.8 Å². The first-order valence-electron chi connectivity index (χ1n) is 11.8. The molecule has 1 atom stereocenters. The minimum atomic E-state index is -0.508. The number of hydrogen-bond acceptors (Lipinski definition) is 5. The van der Waals surface area contributed by atoms with Crippen molar-refractivity contribution in [1.29, 1.82) is 0 Å². The Morgan fingerprint density at radius 2 is 1.59 bits per heavy atom. The van der Waals surface area contributed by atoms with Crippen LogP contribution in [0.2, 0.25) is 0 Å². The molecule has 2 aliphatic rings. The standard InChI is InChI=1S/C26H32FN3O4/c1-33-20-15-19(16-21(17-20)34-2)28-25(31)24(18-7-3-4-8-18)29-11-13-30(14-12-29)26(32)22-9-5-6-10-23(22)27/h5-6,9-10,15-18,24H,3-4,7-8,11-14H2,1-2H3,(H,28,31)/t24-/m1/s1. The van der Waals surface area contributed by atoms with Crippen molar-refractivity contribution in [3.05, 3.63) is 53.8 Å². The number of carbonyl (C=O) groups excluding carboxylic acids is 2. The van der Waals surface area contributed by atoms with Crippen LogP contribution in [0.15, 0.2) is 42.5 Å². The number of amides is 2. The van der Waals surface area contributed by atoms with Gasteiger partial charge in [-0.1, -0.05) is 25.0 Å². The zero-order valence-electron chi connectivity index (χ0n) is 19.8. The number of hydrogen-bond donors (Lipinski definition) is 1. The molecule has 0 unspecified atom stereocenters. The largest absolute Gasteiger partial charge is 0.497 e. The van der Waals surface area contributed by atoms with Gasteiger partial charge in [0.2, 0.25) is 5.91 Å². The summed E-state index contributed by atoms with van der Waals surface area (Å²) in [5.41, 5.74) is 0.713. The molecule has 1 saturated heterocycles. The SMILES string of the molecule is COc1cc(NC(=O)[C@@H](C2CCCC2)N2CCN(C(=O)c3ccccc3F)CC2)cc(OC)c1. The second kappa shape index (κ2) is 10.9. The number of rotatable bonds is 7. The van der Waals surface area contributed by atoms with Gasteiger partial charge in [-0.25, -0.2) is 4.39 Å². The van der Waals surface area contributed by atoms with Crippen molar-refractivity contribution in [3.8, 4) is 11.5 Å². The minimum Gasteiger partial charge on any atom is -0.497 e. The molecule has 2 fully saturated rings. The van der Waals surface area contributed by atoms with E-state index in [-0.39, 0.29) is 29.3 Å². The molecule has 0 radical (unpaired) electrons. The maximum Gasteiger partial charge on any atom is 0.256 e. The van der Waals surface area contributed by atoms with Crippen molar-refractivity contribution in [2.75, 3.05) is 45.7 Å². The highest BCUT2D eigenvalue weighted by atomic mass is 19.1. The summed E-state index contributed by atoms with van der Waals surface area (Å²) < 4.78 is 24.8. The van der Waals surface area contributed by atoms with Gasteiger partial charge in [-0.3, -0.25) is 14.5 Å². The summed E-state index contributed by atoms with van der Waals surface area (Å²) >= 11 is 0. The molecule has 0 spiro atoms. The van der Waals surface area contributed by atoms with E-state index in [0.717, 1.165) is 25.7 Å². The van der Waals surface area contributed by atoms with Gasteiger partial charge in [0.15, 0.2) is 0 Å². The normalized spacial score (nSPS) is 17.9. The predicted octanol–water partition coefficient (Wildman–Crippen LogP) is 3.80. The van der Waals surface area contributed by atoms with E-state index in [1.54, 1.807) is 49.5 Å². The molecule has 1 saturated carbocycles. The summed E-state index contributed by atoms with van der Waals surface area (Å²) in [4.78, 5) is 30.2. The van der Waals surface area contributed by atoms with E-state index in [1.807, 2.05) is 0 Å². The van der Waals surface area contributed by atoms with E-state index in [9.17, 15) is 14.0 Å². The summed E-state index contributed by atoms with van der Waals surface area (Å²) in [6.07, 6.45) is 4.25. The van der Waals surface area contributed by atoms with Crippen molar-refractivity contribution < 1.29 is 23.5 Å². The summed E-state index contributed by atoms with van der Waals surface area (Å²) in [5.74, 6) is 0.604. The fourth-order valence-electron chi connectivity index (χ4n) is 5.06. The molecule has 8 heteroatoms. The van der Waals surface area contributed by atoms with Crippen molar-refractivity contribution >= 4 is 17.5 Å². The second-order valence-electron chi connectivity index (χ2n) is 8.89. The van der Waals surface area contributed by atoms with Crippen LogP contribution >= 0.6 is 0 Å². The molecule has 1 N–H and O–H groups in total. The lowest BCUT2D eigenvalue weighted by atomic mass is 9.94. The third kappa shape index (κ3) is 5.33. The third-order valence-electron chi connectivity index (χ3n) is 6.83. The molecule has 34 heavy (non-hydrogen) atoms. The van der Waals surface area contributed by atoms with Crippen molar-refractivity contribution in [2.24, 2.45) is 5.92 Å². The Bertz CT molecular complexity index is 995. The zero-order valence-corrected chi connectivity index (χ0v) is 19.8. The van der Waals surface area contributed by atoms with Gasteiger partial charge >= 0.3 is 0 Å². The number of nitrogens with zero attached hydrogens (tertiary/aromatic N) is 2. The Balaban J connectivity index is 1.46. The summed E-state index contributed by atoms with van der Waals surface area (Å²) in [6, 6.07) is 11.1. The van der Waals surface area contributed by atoms with Crippen molar-refractivity contribution in [2.45, 2.75) is 31.7 Å². The van der Waals surface area contributed by atoms with Gasteiger partial charge in [-0.15, -0.1) is 0 Å². The number of nitrogens with one attached hydrogen (secondary N) is 1. The van der Waals surface area contributed by atoms with Gasteiger partial charge < -0.3 is 19.7 Å². The van der Waals surface area contributed by atoms with E-state index < -0.39 is 5.82 Å². The molecule has 1 aliphatic carbocycles. The van der Waals surface area contributed by atoms with Crippen LogP contribution in [0.1, 0.15) is 36.0 Å². The predicted molar refractivity (Wildman–Crippen MR) is 128 cm³/mol. The first-order chi connectivity index (χ1) is 16.5. The van der Waals surface area contributed by atoms with Crippen LogP contribution < -0.4 is 14.8 Å². The van der Waals surface area contributed by atoms with E-state index in [1.165, 1.54) is 12.1 Å². The zero-order chi connectivity index (χ0) is 24.1. The molecule has 2 aromatic carbocycles. The molecule has 2 amide bonds. The van der Waals surface area contributed by atoms with Gasteiger partial charge in [0.1, 0.15) is 17.3 Å². The van der Waals surface area contributed by atoms with Crippen LogP contribution in [-0.2, 0) is 4.79 Å². The summed E-state index contributed by atoms with van der Waals surface area (Å²) in [5, 5.41) is 3.06.